The number of aliphatic carboxylic acids is 2. The molecule has 2 aromatic carbocycles. The van der Waals surface area contributed by atoms with Crippen molar-refractivity contribution in [3.8, 4) is 0 Å². The number of carboxylic acid groups (broad SMARTS) is 2. The van der Waals surface area contributed by atoms with E-state index in [1.807, 2.05) is 13.8 Å². The first-order valence-electron chi connectivity index (χ1n) is 8.67. The van der Waals surface area contributed by atoms with Crippen molar-refractivity contribution in [2.45, 2.75) is 32.5 Å². The van der Waals surface area contributed by atoms with Gasteiger partial charge in [0.15, 0.2) is 6.10 Å². The monoisotopic (exact) mass is 400 g/mol. The minimum atomic E-state index is -1.99. The van der Waals surface area contributed by atoms with E-state index >= 15 is 0 Å². The molecule has 0 aliphatic heterocycles. The molecule has 0 saturated carbocycles. The summed E-state index contributed by atoms with van der Waals surface area (Å²) in [5.74, 6) is -4.94. The van der Waals surface area contributed by atoms with Crippen molar-refractivity contribution in [3.63, 3.8) is 0 Å². The van der Waals surface area contributed by atoms with Crippen LogP contribution < -0.4 is 0 Å². The summed E-state index contributed by atoms with van der Waals surface area (Å²) < 4.78 is 10.1. The van der Waals surface area contributed by atoms with Crippen LogP contribution in [0.2, 0.25) is 0 Å². The number of carboxylic acids is 2. The van der Waals surface area contributed by atoms with E-state index in [9.17, 15) is 24.3 Å². The third-order valence-electron chi connectivity index (χ3n) is 4.02. The minimum absolute atomic E-state index is 0.0841. The highest BCUT2D eigenvalue weighted by Crippen LogP contribution is 2.16. The van der Waals surface area contributed by atoms with Crippen LogP contribution in [0.4, 0.5) is 0 Å². The number of benzene rings is 2. The lowest BCUT2D eigenvalue weighted by molar-refractivity contribution is -0.156. The molecular weight excluding hydrogens is 380 g/mol. The van der Waals surface area contributed by atoms with Gasteiger partial charge in [-0.05, 0) is 38.1 Å². The summed E-state index contributed by atoms with van der Waals surface area (Å²) in [5.41, 5.74) is 1.96. The van der Waals surface area contributed by atoms with E-state index in [2.05, 4.69) is 0 Å². The van der Waals surface area contributed by atoms with Crippen molar-refractivity contribution in [1.29, 1.82) is 0 Å². The molecule has 0 aromatic heterocycles. The molecule has 29 heavy (non-hydrogen) atoms. The molecule has 0 spiro atoms. The van der Waals surface area contributed by atoms with Gasteiger partial charge in [0, 0.05) is 0 Å². The van der Waals surface area contributed by atoms with E-state index in [1.165, 1.54) is 24.3 Å². The van der Waals surface area contributed by atoms with Gasteiger partial charge in [-0.2, -0.15) is 0 Å². The zero-order chi connectivity index (χ0) is 21.6. The van der Waals surface area contributed by atoms with Crippen LogP contribution >= 0.6 is 0 Å². The first kappa shape index (κ1) is 21.6. The van der Waals surface area contributed by atoms with Crippen molar-refractivity contribution in [2.24, 2.45) is 0 Å². The van der Waals surface area contributed by atoms with E-state index in [0.717, 1.165) is 11.1 Å². The summed E-state index contributed by atoms with van der Waals surface area (Å²) in [6.45, 7) is 3.62. The highest BCUT2D eigenvalue weighted by molar-refractivity contribution is 5.92. The zero-order valence-corrected chi connectivity index (χ0v) is 15.8. The van der Waals surface area contributed by atoms with Crippen molar-refractivity contribution in [1.82, 2.24) is 0 Å². The molecule has 2 unspecified atom stereocenters. The SMILES string of the molecule is Cc1ccc(C(=O)OC(CC(=O)O)C(OC(=O)c2ccc(C)cc2)C(=O)O)cc1. The average Bonchev–Trinajstić information content (AvgIpc) is 2.65. The van der Waals surface area contributed by atoms with Gasteiger partial charge in [-0.25, -0.2) is 14.4 Å². The number of hydrogen-bond donors (Lipinski definition) is 2. The number of ether oxygens (including phenoxy) is 2. The first-order valence-corrected chi connectivity index (χ1v) is 8.67. The molecule has 0 amide bonds. The van der Waals surface area contributed by atoms with Crippen LogP contribution in [-0.4, -0.2) is 46.3 Å². The lowest BCUT2D eigenvalue weighted by atomic mass is 10.1. The third kappa shape index (κ3) is 6.17. The molecule has 0 bridgehead atoms. The molecule has 0 saturated heterocycles. The Morgan fingerprint density at radius 2 is 1.17 bits per heavy atom. The van der Waals surface area contributed by atoms with E-state index < -0.39 is 42.5 Å². The maximum absolute atomic E-state index is 12.3. The first-order chi connectivity index (χ1) is 13.7. The molecule has 152 valence electrons. The molecule has 8 heteroatoms. The van der Waals surface area contributed by atoms with E-state index in [0.29, 0.717) is 0 Å². The number of esters is 2. The smallest absolute Gasteiger partial charge is 0.349 e. The van der Waals surface area contributed by atoms with Crippen molar-refractivity contribution < 1.29 is 38.9 Å². The van der Waals surface area contributed by atoms with Gasteiger partial charge in [-0.1, -0.05) is 35.4 Å². The molecule has 0 aliphatic carbocycles. The Kier molecular flexibility index (Phi) is 7.08. The Labute approximate surface area is 166 Å². The molecule has 0 radical (unpaired) electrons. The summed E-state index contributed by atoms with van der Waals surface area (Å²) >= 11 is 0. The van der Waals surface area contributed by atoms with Crippen LogP contribution in [0.25, 0.3) is 0 Å². The fourth-order valence-electron chi connectivity index (χ4n) is 2.44. The van der Waals surface area contributed by atoms with Gasteiger partial charge in [-0.3, -0.25) is 4.79 Å². The summed E-state index contributed by atoms with van der Waals surface area (Å²) in [6.07, 6.45) is -4.56. The molecule has 2 aromatic rings. The average molecular weight is 400 g/mol. The van der Waals surface area contributed by atoms with Crippen molar-refractivity contribution in [2.75, 3.05) is 0 Å². The van der Waals surface area contributed by atoms with Crippen LogP contribution in [0.1, 0.15) is 38.3 Å². The standard InChI is InChI=1S/C21H20O8/c1-12-3-7-14(8-4-12)20(26)28-16(11-17(22)23)18(19(24)25)29-21(27)15-9-5-13(2)6-10-15/h3-10,16,18H,11H2,1-2H3,(H,22,23)(H,24,25). The molecule has 2 N–H and O–H groups in total. The van der Waals surface area contributed by atoms with Gasteiger partial charge in [0.2, 0.25) is 6.10 Å². The van der Waals surface area contributed by atoms with E-state index in [-0.39, 0.29) is 11.1 Å². The second-order valence-corrected chi connectivity index (χ2v) is 6.44. The topological polar surface area (TPSA) is 127 Å². The van der Waals surface area contributed by atoms with Gasteiger partial charge in [0.25, 0.3) is 0 Å². The second-order valence-electron chi connectivity index (χ2n) is 6.44. The van der Waals surface area contributed by atoms with Gasteiger partial charge in [-0.15, -0.1) is 0 Å². The minimum Gasteiger partial charge on any atom is -0.481 e. The Morgan fingerprint density at radius 1 is 0.759 bits per heavy atom. The number of aryl methyl sites for hydroxylation is 2. The second kappa shape index (κ2) is 9.50. The number of carbonyl (C=O) groups excluding carboxylic acids is 2. The lowest BCUT2D eigenvalue weighted by Gasteiger charge is -2.23. The van der Waals surface area contributed by atoms with Crippen LogP contribution in [-0.2, 0) is 19.1 Å². The Morgan fingerprint density at radius 3 is 1.55 bits per heavy atom. The molecule has 0 heterocycles. The highest BCUT2D eigenvalue weighted by Gasteiger charge is 2.37. The van der Waals surface area contributed by atoms with E-state index in [1.54, 1.807) is 24.3 Å². The zero-order valence-electron chi connectivity index (χ0n) is 15.8. The van der Waals surface area contributed by atoms with Gasteiger partial charge in [0.1, 0.15) is 0 Å². The molecule has 8 nitrogen and oxygen atoms in total. The molecule has 0 fully saturated rings. The number of rotatable bonds is 8. The van der Waals surface area contributed by atoms with Crippen molar-refractivity contribution >= 4 is 23.9 Å². The van der Waals surface area contributed by atoms with E-state index in [4.69, 9.17) is 14.6 Å². The van der Waals surface area contributed by atoms with Crippen LogP contribution in [0.5, 0.6) is 0 Å². The highest BCUT2D eigenvalue weighted by atomic mass is 16.6. The predicted molar refractivity (Wildman–Crippen MR) is 101 cm³/mol. The normalized spacial score (nSPS) is 12.5. The van der Waals surface area contributed by atoms with Crippen molar-refractivity contribution in [3.05, 3.63) is 70.8 Å². The molecular formula is C21H20O8. The molecule has 2 rings (SSSR count). The summed E-state index contributed by atoms with van der Waals surface area (Å²) in [4.78, 5) is 47.4. The van der Waals surface area contributed by atoms with Gasteiger partial charge >= 0.3 is 23.9 Å². The van der Waals surface area contributed by atoms with Gasteiger partial charge in [0.05, 0.1) is 17.5 Å². The van der Waals surface area contributed by atoms with Crippen LogP contribution in [0.15, 0.2) is 48.5 Å². The quantitative estimate of drug-likeness (QED) is 0.648. The fraction of sp³-hybridized carbons (Fsp3) is 0.238. The Bertz CT molecular complexity index is 899. The number of carbonyl (C=O) groups is 4. The fourth-order valence-corrected chi connectivity index (χ4v) is 2.44. The predicted octanol–water partition coefficient (Wildman–Crippen LogP) is 2.61. The van der Waals surface area contributed by atoms with Crippen LogP contribution in [0.3, 0.4) is 0 Å². The largest absolute Gasteiger partial charge is 0.481 e. The maximum Gasteiger partial charge on any atom is 0.349 e. The molecule has 2 atom stereocenters. The Hall–Kier alpha value is -3.68. The number of hydrogen-bond acceptors (Lipinski definition) is 6. The third-order valence-corrected chi connectivity index (χ3v) is 4.02. The Balaban J connectivity index is 2.22. The summed E-state index contributed by atoms with van der Waals surface area (Å²) in [6, 6.07) is 12.4. The summed E-state index contributed by atoms with van der Waals surface area (Å²) in [7, 11) is 0. The van der Waals surface area contributed by atoms with Crippen LogP contribution in [0, 0.1) is 13.8 Å². The van der Waals surface area contributed by atoms with Gasteiger partial charge < -0.3 is 19.7 Å². The molecule has 0 aliphatic rings. The lowest BCUT2D eigenvalue weighted by Crippen LogP contribution is -2.42. The maximum atomic E-state index is 12.3. The summed E-state index contributed by atoms with van der Waals surface area (Å²) in [5, 5.41) is 18.5.